The van der Waals surface area contributed by atoms with Crippen LogP contribution in [0.4, 0.5) is 0 Å². The van der Waals surface area contributed by atoms with Crippen LogP contribution in [0.15, 0.2) is 90.5 Å². The molecule has 0 aliphatic rings. The molecule has 0 aliphatic heterocycles. The van der Waals surface area contributed by atoms with Crippen molar-refractivity contribution >= 4 is 22.4 Å². The van der Waals surface area contributed by atoms with E-state index in [0.29, 0.717) is 30.6 Å². The molecule has 1 atom stereocenters. The summed E-state index contributed by atoms with van der Waals surface area (Å²) >= 11 is 0. The van der Waals surface area contributed by atoms with Crippen LogP contribution >= 0.6 is 0 Å². The summed E-state index contributed by atoms with van der Waals surface area (Å²) in [6, 6.07) is 21.4. The first-order chi connectivity index (χ1) is 15.5. The highest BCUT2D eigenvalue weighted by molar-refractivity contribution is 5.98. The quantitative estimate of drug-likeness (QED) is 0.300. The van der Waals surface area contributed by atoms with Gasteiger partial charge in [0, 0.05) is 12.5 Å². The summed E-state index contributed by atoms with van der Waals surface area (Å²) in [6.45, 7) is 4.10. The van der Waals surface area contributed by atoms with E-state index in [4.69, 9.17) is 4.74 Å². The highest BCUT2D eigenvalue weighted by atomic mass is 16.5. The van der Waals surface area contributed by atoms with Gasteiger partial charge in [-0.05, 0) is 52.1 Å². The van der Waals surface area contributed by atoms with Crippen LogP contribution in [-0.2, 0) is 4.74 Å². The normalized spacial score (nSPS) is 13.3. The van der Waals surface area contributed by atoms with Crippen molar-refractivity contribution in [1.29, 1.82) is 0 Å². The zero-order valence-corrected chi connectivity index (χ0v) is 18.4. The highest BCUT2D eigenvalue weighted by Gasteiger charge is 2.15. The minimum Gasteiger partial charge on any atom is -0.507 e. The van der Waals surface area contributed by atoms with E-state index < -0.39 is 6.10 Å². The molecule has 0 heterocycles. The summed E-state index contributed by atoms with van der Waals surface area (Å²) in [5.74, 6) is 0.255. The molecule has 0 saturated carbocycles. The molecule has 166 valence electrons. The van der Waals surface area contributed by atoms with E-state index in [1.807, 2.05) is 48.5 Å². The molecule has 0 spiro atoms. The van der Waals surface area contributed by atoms with Crippen molar-refractivity contribution in [3.05, 3.63) is 102 Å². The maximum atomic E-state index is 10.9. The van der Waals surface area contributed by atoms with Gasteiger partial charge in [0.15, 0.2) is 0 Å². The van der Waals surface area contributed by atoms with Gasteiger partial charge in [0.2, 0.25) is 0 Å². The van der Waals surface area contributed by atoms with Crippen LogP contribution in [0.5, 0.6) is 5.75 Å². The Morgan fingerprint density at radius 1 is 1.00 bits per heavy atom. The maximum absolute atomic E-state index is 10.9. The summed E-state index contributed by atoms with van der Waals surface area (Å²) in [4.78, 5) is 0. The van der Waals surface area contributed by atoms with Crippen LogP contribution in [0.25, 0.3) is 22.4 Å². The van der Waals surface area contributed by atoms with Gasteiger partial charge in [0.25, 0.3) is 0 Å². The molecule has 0 aliphatic carbocycles. The molecule has 3 aromatic rings. The monoisotopic (exact) mass is 430 g/mol. The Labute approximate surface area is 189 Å². The zero-order chi connectivity index (χ0) is 22.9. The van der Waals surface area contributed by atoms with Crippen LogP contribution in [0.1, 0.15) is 24.0 Å². The third-order valence-corrected chi connectivity index (χ3v) is 5.49. The summed E-state index contributed by atoms with van der Waals surface area (Å²) in [5.41, 5.74) is 4.41. The molecule has 32 heavy (non-hydrogen) atoms. The van der Waals surface area contributed by atoms with Crippen molar-refractivity contribution in [1.82, 2.24) is 0 Å². The van der Waals surface area contributed by atoms with Gasteiger partial charge in [-0.15, -0.1) is 0 Å². The predicted octanol–water partition coefficient (Wildman–Crippen LogP) is 5.35. The van der Waals surface area contributed by atoms with E-state index in [-0.39, 0.29) is 12.4 Å². The molecule has 0 radical (unpaired) electrons. The number of fused-ring (bicyclic) bond motifs is 1. The second-order valence-corrected chi connectivity index (χ2v) is 7.69. The molecule has 1 unspecified atom stereocenters. The molecule has 0 fully saturated rings. The summed E-state index contributed by atoms with van der Waals surface area (Å²) in [6.07, 6.45) is 4.01. The van der Waals surface area contributed by atoms with Crippen molar-refractivity contribution < 1.29 is 20.1 Å². The molecule has 0 amide bonds. The molecular weight excluding hydrogens is 400 g/mol. The molecule has 4 nitrogen and oxygen atoms in total. The topological polar surface area (TPSA) is 69.9 Å². The second-order valence-electron chi connectivity index (χ2n) is 7.69. The lowest BCUT2D eigenvalue weighted by molar-refractivity contribution is 0.191. The number of phenolic OH excluding ortho intramolecular Hbond substituents is 1. The fourth-order valence-corrected chi connectivity index (χ4v) is 3.89. The Hall–Kier alpha value is -3.18. The van der Waals surface area contributed by atoms with E-state index in [2.05, 4.69) is 24.8 Å². The van der Waals surface area contributed by atoms with Crippen LogP contribution < -0.4 is 0 Å². The SMILES string of the molecule is C=C(COC)/C(=C/CO)C(O)CC/C(=C/c1ccc(O)c2ccccc12)c1ccccc1. The number of rotatable bonds is 10. The minimum atomic E-state index is -0.770. The number of ether oxygens (including phenoxy) is 1. The largest absolute Gasteiger partial charge is 0.507 e. The van der Waals surface area contributed by atoms with Gasteiger partial charge in [0.05, 0.1) is 19.3 Å². The third-order valence-electron chi connectivity index (χ3n) is 5.49. The lowest BCUT2D eigenvalue weighted by Gasteiger charge is -2.18. The van der Waals surface area contributed by atoms with Crippen molar-refractivity contribution in [2.75, 3.05) is 20.3 Å². The molecule has 3 N–H and O–H groups in total. The van der Waals surface area contributed by atoms with E-state index in [1.54, 1.807) is 19.3 Å². The summed E-state index contributed by atoms with van der Waals surface area (Å²) in [7, 11) is 1.58. The number of phenols is 1. The molecular formula is C28H30O4. The molecule has 0 aromatic heterocycles. The third kappa shape index (κ3) is 5.74. The Balaban J connectivity index is 1.94. The predicted molar refractivity (Wildman–Crippen MR) is 131 cm³/mol. The fourth-order valence-electron chi connectivity index (χ4n) is 3.89. The molecule has 0 saturated heterocycles. The number of aromatic hydroxyl groups is 1. The first-order valence-electron chi connectivity index (χ1n) is 10.7. The zero-order valence-electron chi connectivity index (χ0n) is 18.4. The first-order valence-corrected chi connectivity index (χ1v) is 10.7. The molecule has 0 bridgehead atoms. The Morgan fingerprint density at radius 2 is 1.69 bits per heavy atom. The number of methoxy groups -OCH3 is 1. The highest BCUT2D eigenvalue weighted by Crippen LogP contribution is 2.32. The number of aliphatic hydroxyl groups excluding tert-OH is 2. The lowest BCUT2D eigenvalue weighted by Crippen LogP contribution is -2.15. The summed E-state index contributed by atoms with van der Waals surface area (Å²) in [5, 5.41) is 32.2. The smallest absolute Gasteiger partial charge is 0.123 e. The fraction of sp³-hybridized carbons (Fsp3) is 0.214. The van der Waals surface area contributed by atoms with Gasteiger partial charge in [0.1, 0.15) is 5.75 Å². The van der Waals surface area contributed by atoms with Crippen LogP contribution in [-0.4, -0.2) is 41.7 Å². The van der Waals surface area contributed by atoms with Gasteiger partial charge in [-0.3, -0.25) is 0 Å². The number of allylic oxidation sites excluding steroid dienone is 1. The van der Waals surface area contributed by atoms with Gasteiger partial charge in [-0.2, -0.15) is 0 Å². The number of aliphatic hydroxyl groups is 2. The average Bonchev–Trinajstić information content (AvgIpc) is 2.82. The van der Waals surface area contributed by atoms with Crippen LogP contribution in [0.2, 0.25) is 0 Å². The average molecular weight is 431 g/mol. The first kappa shape index (κ1) is 23.5. The Kier molecular flexibility index (Phi) is 8.40. The lowest BCUT2D eigenvalue weighted by atomic mass is 9.92. The van der Waals surface area contributed by atoms with Crippen molar-refractivity contribution in [2.24, 2.45) is 0 Å². The molecule has 4 heteroatoms. The second kappa shape index (κ2) is 11.4. The van der Waals surface area contributed by atoms with Crippen LogP contribution in [0, 0.1) is 0 Å². The van der Waals surface area contributed by atoms with E-state index in [0.717, 1.165) is 27.5 Å². The Morgan fingerprint density at radius 3 is 2.38 bits per heavy atom. The van der Waals surface area contributed by atoms with Crippen molar-refractivity contribution in [2.45, 2.75) is 18.9 Å². The van der Waals surface area contributed by atoms with E-state index in [9.17, 15) is 15.3 Å². The molecule has 3 aromatic carbocycles. The van der Waals surface area contributed by atoms with Crippen LogP contribution in [0.3, 0.4) is 0 Å². The van der Waals surface area contributed by atoms with Gasteiger partial charge >= 0.3 is 0 Å². The Bertz CT molecular complexity index is 1110. The van der Waals surface area contributed by atoms with Crippen molar-refractivity contribution in [3.63, 3.8) is 0 Å². The summed E-state index contributed by atoms with van der Waals surface area (Å²) < 4.78 is 5.14. The minimum absolute atomic E-state index is 0.171. The standard InChI is InChI=1S/C28H30O4/c1-20(19-32-2)24(16-17-29)27(30)14-12-22(21-8-4-3-5-9-21)18-23-13-15-28(31)26-11-7-6-10-25(23)26/h3-11,13,15-16,18,27,29-31H,1,12,14,17,19H2,2H3/b22-18-,24-16-. The van der Waals surface area contributed by atoms with Crippen molar-refractivity contribution in [3.8, 4) is 5.75 Å². The van der Waals surface area contributed by atoms with Gasteiger partial charge in [-0.1, -0.05) is 79.4 Å². The van der Waals surface area contributed by atoms with E-state index >= 15 is 0 Å². The van der Waals surface area contributed by atoms with Gasteiger partial charge in [-0.25, -0.2) is 0 Å². The number of benzene rings is 3. The maximum Gasteiger partial charge on any atom is 0.123 e. The number of hydrogen-bond acceptors (Lipinski definition) is 4. The van der Waals surface area contributed by atoms with E-state index in [1.165, 1.54) is 0 Å². The molecule has 3 rings (SSSR count). The number of hydrogen-bond donors (Lipinski definition) is 3. The van der Waals surface area contributed by atoms with Gasteiger partial charge < -0.3 is 20.1 Å².